The summed E-state index contributed by atoms with van der Waals surface area (Å²) in [6.07, 6.45) is 5.48. The monoisotopic (exact) mass is 773 g/mol. The number of rotatable bonds is 5. The standard InChI is InChI=1S/C16H16P.2C13H10N3.CH4.Ru/c1-3-14-17(2,15-10-6-4-7-11-15)16-12-8-5-9-13-16;2*1-9-8-12(16-15-9)13-11-5-3-2-4-10(11)6-7-14-13;;/h3-14H,1-2H2;2*2-8H,1H3;1H4;/q3*-1;;+4. The van der Waals surface area contributed by atoms with E-state index in [9.17, 15) is 0 Å². The zero-order chi connectivity index (χ0) is 34.1. The molecule has 51 heavy (non-hydrogen) atoms. The Morgan fingerprint density at radius 1 is 0.569 bits per heavy atom. The van der Waals surface area contributed by atoms with Crippen LogP contribution < -0.4 is 20.8 Å². The van der Waals surface area contributed by atoms with Crippen molar-refractivity contribution in [2.45, 2.75) is 21.3 Å². The third-order valence-corrected chi connectivity index (χ3v) is 11.1. The zero-order valence-corrected chi connectivity index (χ0v) is 30.5. The molecule has 0 atom stereocenters. The zero-order valence-electron chi connectivity index (χ0n) is 27.9. The van der Waals surface area contributed by atoms with Crippen molar-refractivity contribution in [2.75, 3.05) is 0 Å². The van der Waals surface area contributed by atoms with Crippen LogP contribution >= 0.6 is 7.26 Å². The molecule has 0 amide bonds. The summed E-state index contributed by atoms with van der Waals surface area (Å²) in [4.78, 5) is 8.78. The van der Waals surface area contributed by atoms with Crippen molar-refractivity contribution in [3.05, 3.63) is 183 Å². The third kappa shape index (κ3) is 9.12. The molecule has 254 valence electrons. The van der Waals surface area contributed by atoms with Crippen LogP contribution in [-0.4, -0.2) is 20.2 Å². The third-order valence-electron chi connectivity index (χ3n) is 7.95. The molecule has 0 aliphatic heterocycles. The molecule has 4 aromatic heterocycles. The van der Waals surface area contributed by atoms with Gasteiger partial charge < -0.3 is 20.4 Å². The Kier molecular flexibility index (Phi) is 13.7. The Hall–Kier alpha value is -5.22. The first kappa shape index (κ1) is 38.6. The number of fused-ring (bicyclic) bond motifs is 2. The predicted octanol–water partition coefficient (Wildman–Crippen LogP) is 9.55. The summed E-state index contributed by atoms with van der Waals surface area (Å²) in [5, 5.41) is 23.4. The van der Waals surface area contributed by atoms with Gasteiger partial charge in [0, 0.05) is 34.6 Å². The number of aryl methyl sites for hydroxylation is 2. The van der Waals surface area contributed by atoms with Crippen molar-refractivity contribution in [1.29, 1.82) is 0 Å². The molecular formula is C43H40N6PRu+. The number of allylic oxidation sites excluding steroid dienone is 1. The molecule has 0 unspecified atom stereocenters. The smallest absolute Gasteiger partial charge is 0.573 e. The second kappa shape index (κ2) is 18.1. The summed E-state index contributed by atoms with van der Waals surface area (Å²) in [6, 6.07) is 45.1. The van der Waals surface area contributed by atoms with Crippen molar-refractivity contribution in [3.8, 4) is 22.8 Å². The maximum atomic E-state index is 4.48. The number of aromatic nitrogens is 6. The van der Waals surface area contributed by atoms with Crippen molar-refractivity contribution in [1.82, 2.24) is 30.4 Å². The summed E-state index contributed by atoms with van der Waals surface area (Å²) in [5.74, 6) is 2.15. The van der Waals surface area contributed by atoms with E-state index in [1.54, 1.807) is 0 Å². The van der Waals surface area contributed by atoms with E-state index in [-0.39, 0.29) is 26.9 Å². The summed E-state index contributed by atoms with van der Waals surface area (Å²) in [7, 11) is -1.67. The van der Waals surface area contributed by atoms with Gasteiger partial charge >= 0.3 is 19.5 Å². The molecule has 0 aliphatic carbocycles. The van der Waals surface area contributed by atoms with Gasteiger partial charge in [0.1, 0.15) is 0 Å². The molecule has 0 saturated carbocycles. The average Bonchev–Trinajstić information content (AvgIpc) is 3.80. The first-order chi connectivity index (χ1) is 24.0. The molecule has 0 spiro atoms. The molecule has 8 aromatic rings. The molecule has 8 heteroatoms. The van der Waals surface area contributed by atoms with Gasteiger partial charge in [0.2, 0.25) is 0 Å². The quantitative estimate of drug-likeness (QED) is 0.0986. The van der Waals surface area contributed by atoms with Crippen LogP contribution in [0.2, 0.25) is 0 Å². The predicted molar refractivity (Wildman–Crippen MR) is 212 cm³/mol. The van der Waals surface area contributed by atoms with Gasteiger partial charge in [-0.25, -0.2) is 6.92 Å². The summed E-state index contributed by atoms with van der Waals surface area (Å²) in [6.45, 7) is 12.2. The molecule has 8 rings (SSSR count). The van der Waals surface area contributed by atoms with Gasteiger partial charge in [-0.05, 0) is 61.0 Å². The Morgan fingerprint density at radius 2 is 0.961 bits per heavy atom. The molecule has 0 fully saturated rings. The fraction of sp³-hybridized carbons (Fsp3) is 0.0698. The van der Waals surface area contributed by atoms with Crippen LogP contribution in [0, 0.1) is 27.4 Å². The summed E-state index contributed by atoms with van der Waals surface area (Å²) >= 11 is 0. The number of pyridine rings is 2. The van der Waals surface area contributed by atoms with Crippen molar-refractivity contribution in [2.24, 2.45) is 0 Å². The molecule has 4 heterocycles. The second-order valence-corrected chi connectivity index (χ2v) is 14.5. The SMILES string of the molecule is C.Cc1cc(-c2nccc3ccccc23)[n-]n1.Cc1cc(-c2nccc3ccccc23)[n-]n1.[CH2-]C=C[P+]([CH2-])(c1ccccc1)c1ccccc1.[Ru+4]. The van der Waals surface area contributed by atoms with Gasteiger partial charge in [-0.15, -0.1) is 7.26 Å². The van der Waals surface area contributed by atoms with Gasteiger partial charge in [-0.3, -0.25) is 9.97 Å². The molecule has 4 aromatic carbocycles. The fourth-order valence-corrected chi connectivity index (χ4v) is 7.96. The maximum absolute atomic E-state index is 4.48. The van der Waals surface area contributed by atoms with Gasteiger partial charge in [-0.2, -0.15) is 12.7 Å². The summed E-state index contributed by atoms with van der Waals surface area (Å²) < 4.78 is 0. The van der Waals surface area contributed by atoms with E-state index >= 15 is 0 Å². The topological polar surface area (TPSA) is 79.8 Å². The van der Waals surface area contributed by atoms with Crippen LogP contribution in [0.25, 0.3) is 44.3 Å². The van der Waals surface area contributed by atoms with Gasteiger partial charge in [0.25, 0.3) is 0 Å². The fourth-order valence-electron chi connectivity index (χ4n) is 5.54. The van der Waals surface area contributed by atoms with Crippen LogP contribution in [0.4, 0.5) is 0 Å². The number of nitrogens with zero attached hydrogens (tertiary/aromatic N) is 6. The first-order valence-corrected chi connectivity index (χ1v) is 17.9. The normalized spacial score (nSPS) is 10.7. The number of benzene rings is 4. The van der Waals surface area contributed by atoms with E-state index in [0.717, 1.165) is 44.9 Å². The van der Waals surface area contributed by atoms with E-state index in [1.165, 1.54) is 21.4 Å². The molecule has 6 nitrogen and oxygen atoms in total. The van der Waals surface area contributed by atoms with E-state index < -0.39 is 7.26 Å². The molecule has 0 bridgehead atoms. The Balaban J connectivity index is 0.000000168. The number of hydrogen-bond acceptors (Lipinski definition) is 4. The van der Waals surface area contributed by atoms with Crippen LogP contribution in [-0.2, 0) is 19.5 Å². The van der Waals surface area contributed by atoms with Crippen molar-refractivity contribution < 1.29 is 19.5 Å². The molecule has 0 aliphatic rings. The van der Waals surface area contributed by atoms with Gasteiger partial charge in [0.05, 0.1) is 22.0 Å². The minimum Gasteiger partial charge on any atom is -0.573 e. The maximum Gasteiger partial charge on any atom is 4.00 e. The Bertz CT molecular complexity index is 2130. The largest absolute Gasteiger partial charge is 4.00 e. The number of hydrogen-bond donors (Lipinski definition) is 0. The molecule has 0 N–H and O–H groups in total. The Labute approximate surface area is 314 Å². The molecular weight excluding hydrogens is 733 g/mol. The van der Waals surface area contributed by atoms with Crippen molar-refractivity contribution >= 4 is 39.4 Å². The van der Waals surface area contributed by atoms with Crippen LogP contribution in [0.15, 0.2) is 158 Å². The summed E-state index contributed by atoms with van der Waals surface area (Å²) in [5.41, 5.74) is 5.33. The molecule has 0 saturated heterocycles. The van der Waals surface area contributed by atoms with E-state index in [0.29, 0.717) is 0 Å². The van der Waals surface area contributed by atoms with E-state index in [4.69, 9.17) is 0 Å². The van der Waals surface area contributed by atoms with Gasteiger partial charge in [0.15, 0.2) is 0 Å². The van der Waals surface area contributed by atoms with Crippen molar-refractivity contribution in [3.63, 3.8) is 0 Å². The van der Waals surface area contributed by atoms with Gasteiger partial charge in [-0.1, -0.05) is 122 Å². The van der Waals surface area contributed by atoms with Crippen LogP contribution in [0.5, 0.6) is 0 Å². The Morgan fingerprint density at radius 3 is 1.33 bits per heavy atom. The minimum absolute atomic E-state index is 0. The van der Waals surface area contributed by atoms with E-state index in [2.05, 4.69) is 123 Å². The average molecular weight is 773 g/mol. The van der Waals surface area contributed by atoms with E-state index in [1.807, 2.05) is 93.0 Å². The first-order valence-electron chi connectivity index (χ1n) is 15.9. The van der Waals surface area contributed by atoms with Crippen LogP contribution in [0.3, 0.4) is 0 Å². The molecule has 0 radical (unpaired) electrons. The minimum atomic E-state index is -1.67. The van der Waals surface area contributed by atoms with Crippen LogP contribution in [0.1, 0.15) is 18.8 Å². The second-order valence-electron chi connectivity index (χ2n) is 11.4.